The number of nitrogens with zero attached hydrogens (tertiary/aromatic N) is 6. The van der Waals surface area contributed by atoms with Crippen molar-refractivity contribution in [3.05, 3.63) is 348 Å². The van der Waals surface area contributed by atoms with E-state index in [9.17, 15) is 30.1 Å². The predicted molar refractivity (Wildman–Crippen MR) is 549 cm³/mol. The quantitative estimate of drug-likeness (QED) is 0.0491. The summed E-state index contributed by atoms with van der Waals surface area (Å²) in [5.74, 6) is 8.76. The Labute approximate surface area is 809 Å². The maximum atomic E-state index is 9.79. The Morgan fingerprint density at radius 2 is 0.474 bits per heavy atom. The molecule has 0 saturated carbocycles. The van der Waals surface area contributed by atoms with Crippen LogP contribution in [0, 0.1) is 164 Å². The molecule has 12 aromatic carbocycles. The van der Waals surface area contributed by atoms with Crippen molar-refractivity contribution in [2.24, 2.45) is 0 Å². The van der Waals surface area contributed by atoms with Gasteiger partial charge in [-0.3, -0.25) is 0 Å². The highest BCUT2D eigenvalue weighted by Gasteiger charge is 2.36. The number of benzene rings is 12. The van der Waals surface area contributed by atoms with Crippen molar-refractivity contribution in [1.29, 1.82) is 0 Å². The van der Waals surface area contributed by atoms with Crippen LogP contribution in [0.15, 0.2) is 146 Å². The van der Waals surface area contributed by atoms with Crippen molar-refractivity contribution in [2.45, 2.75) is 201 Å². The topological polar surface area (TPSA) is 258 Å². The van der Waals surface area contributed by atoms with Gasteiger partial charge in [-0.15, -0.1) is 0 Å². The van der Waals surface area contributed by atoms with E-state index in [1.165, 1.54) is 0 Å². The highest BCUT2D eigenvalue weighted by molar-refractivity contribution is 6.64. The molecule has 137 heavy (non-hydrogen) atoms. The van der Waals surface area contributed by atoms with Gasteiger partial charge < -0.3 is 86.5 Å². The van der Waals surface area contributed by atoms with E-state index in [-0.39, 0.29) is 37.1 Å². The van der Waals surface area contributed by atoms with E-state index >= 15 is 0 Å². The highest BCUT2D eigenvalue weighted by atomic mass is 16.5. The first-order chi connectivity index (χ1) is 63.0. The number of hydrogen-bond acceptors (Lipinski definition) is 18. The van der Waals surface area contributed by atoms with E-state index in [2.05, 4.69) is 29.1 Å². The lowest BCUT2D eigenvalue weighted by atomic mass is 9.76. The van der Waals surface area contributed by atoms with Crippen LogP contribution < -0.4 is 61.2 Å². The molecule has 0 saturated heterocycles. The maximum absolute atomic E-state index is 9.79. The van der Waals surface area contributed by atoms with Crippen LogP contribution in [0.4, 0.5) is 34.1 Å². The van der Waals surface area contributed by atoms with Crippen molar-refractivity contribution < 1.29 is 86.5 Å². The largest absolute Gasteiger partial charge is 0.492 e. The average molecular weight is 1840 g/mol. The molecule has 0 spiro atoms. The van der Waals surface area contributed by atoms with Crippen LogP contribution in [-0.2, 0) is 67.6 Å². The van der Waals surface area contributed by atoms with Crippen molar-refractivity contribution in [3.8, 4) is 69.0 Å². The second kappa shape index (κ2) is 46.7. The van der Waals surface area contributed by atoms with Gasteiger partial charge in [-0.25, -0.2) is 29.1 Å². The summed E-state index contributed by atoms with van der Waals surface area (Å²) in [6.07, 6.45) is 0. The zero-order valence-electron chi connectivity index (χ0n) is 76.8. The molecule has 6 heterocycles. The molecular formula is C107H116B6N6O18. The van der Waals surface area contributed by atoms with Crippen molar-refractivity contribution >= 4 is 110 Å². The molecule has 6 N–H and O–H groups in total. The Hall–Kier alpha value is -13.7. The zero-order chi connectivity index (χ0) is 95.1. The first-order valence-corrected chi connectivity index (χ1v) is 42.5. The summed E-state index contributed by atoms with van der Waals surface area (Å²) in [4.78, 5) is 21.1. The highest BCUT2D eigenvalue weighted by Crippen LogP contribution is 2.42. The third-order valence-electron chi connectivity index (χ3n) is 23.8. The summed E-state index contributed by atoms with van der Waals surface area (Å²) < 4.78 is 67.4. The molecule has 30 heteroatoms. The summed E-state index contributed by atoms with van der Waals surface area (Å²) in [6, 6.07) is 45.0. The van der Waals surface area contributed by atoms with Gasteiger partial charge in [0, 0.05) is 0 Å². The third kappa shape index (κ3) is 24.2. The maximum Gasteiger partial charge on any atom is 0.492 e. The van der Waals surface area contributed by atoms with Crippen LogP contribution in [0.1, 0.15) is 171 Å². The normalized spacial score (nSPS) is 12.5. The molecule has 6 aliphatic heterocycles. The molecule has 6 aliphatic rings. The van der Waals surface area contributed by atoms with E-state index in [1.807, 2.05) is 270 Å². The van der Waals surface area contributed by atoms with Gasteiger partial charge in [-0.05, 0) is 412 Å². The molecule has 0 aromatic heterocycles. The minimum Gasteiger partial charge on any atom is -0.457 e. The van der Waals surface area contributed by atoms with E-state index in [0.717, 1.165) is 207 Å². The summed E-state index contributed by atoms with van der Waals surface area (Å²) >= 11 is 0. The van der Waals surface area contributed by atoms with Crippen molar-refractivity contribution in [1.82, 2.24) is 0 Å². The first kappa shape index (κ1) is 109. The fraction of sp³-hybridized carbons (Fsp3) is 0.271. The molecule has 18 rings (SSSR count). The van der Waals surface area contributed by atoms with Gasteiger partial charge in [0.1, 0.15) is 69.0 Å². The van der Waals surface area contributed by atoms with Gasteiger partial charge in [-0.2, -0.15) is 0 Å². The molecular weight excluding hydrogens is 1720 g/mol. The Morgan fingerprint density at radius 1 is 0.226 bits per heavy atom. The molecule has 24 nitrogen and oxygen atoms in total. The van der Waals surface area contributed by atoms with E-state index in [0.29, 0.717) is 103 Å². The fourth-order valence-electron chi connectivity index (χ4n) is 16.5. The third-order valence-corrected chi connectivity index (χ3v) is 23.8. The van der Waals surface area contributed by atoms with Gasteiger partial charge in [0.05, 0.1) is 79.1 Å². The van der Waals surface area contributed by atoms with Gasteiger partial charge in [0.15, 0.2) is 34.1 Å². The fourth-order valence-corrected chi connectivity index (χ4v) is 16.5. The lowest BCUT2D eigenvalue weighted by molar-refractivity contribution is 0.274. The van der Waals surface area contributed by atoms with Gasteiger partial charge in [-0.1, -0.05) is 61.4 Å². The van der Waals surface area contributed by atoms with Crippen molar-refractivity contribution in [3.63, 3.8) is 0 Å². The van der Waals surface area contributed by atoms with Crippen molar-refractivity contribution in [2.75, 3.05) is 0 Å². The SMILES string of the molecule is C.C.C.C.C.[C-]#[N+]c1c(C)cc(Oc2cc(C)c3c(c2)COB3O)cc1C.[C-]#[N+]c1c(C)cc(Oc2cc3c(cc2C)B(O)OC3)cc1C.[C-]#[N+]c1c(C)cc(Oc2ccc3c(c2C)COB3O)cc1C.[C-]#[N+]c1cc(C)c(Oc2cc(C)c3c(c2)COB3O)cc1C.[C-]#[N+]c1cc(C)c(Oc2cc3c(cc2C)B(O)OC3)cc1C.[C-]#[N+]c1cc(C)c(Oc2ccc3c(c2C)COB3O)cc1C. The second-order valence-corrected chi connectivity index (χ2v) is 33.5. The molecule has 0 aliphatic carbocycles. The second-order valence-electron chi connectivity index (χ2n) is 33.5. The standard InChI is InChI=1S/6C17H16BNO3.5CH4/c1-10-7-16(11(2)6-15(10)19-4)22-14-5-12(3)17-13(8-14)9-21-18(17)20;1-10-7-16(12(3)6-15(10)19-4)22-17-8-13-9-21-18(20)14(13)5-11(17)2;1-10-7-15-13(9-21-18(15)20)8-16(10)22-14-5-11(2)17(19-4)12(3)6-14;1-10-5-15(8-13-9-21-18(20)16(10)13)22-14-6-11(2)17(19-4)12(3)7-14;1-10-8-17(11(2)7-15(10)19-4)22-16-6-5-14-13(12(16)3)9-21-18(14)20;1-10-7-13(8-11(2)17(10)19-4)22-16-6-5-15-14(12(16)3)9-21-18(15)20;;;;;/h6*5-8,20H,9H2,1-3H3;5*1H4. The molecule has 0 radical (unpaired) electrons. The minimum absolute atomic E-state index is 0. The van der Waals surface area contributed by atoms with Gasteiger partial charge in [0.25, 0.3) is 0 Å². The predicted octanol–water partition coefficient (Wildman–Crippen LogP) is 22.2. The first-order valence-electron chi connectivity index (χ1n) is 42.5. The summed E-state index contributed by atoms with van der Waals surface area (Å²) in [6.45, 7) is 80.0. The van der Waals surface area contributed by atoms with E-state index in [1.54, 1.807) is 0 Å². The Bertz CT molecular complexity index is 6660. The van der Waals surface area contributed by atoms with Gasteiger partial charge >= 0.3 is 42.7 Å². The van der Waals surface area contributed by atoms with Crippen LogP contribution in [-0.4, -0.2) is 72.9 Å². The van der Waals surface area contributed by atoms with Crippen LogP contribution in [0.3, 0.4) is 0 Å². The molecule has 0 amide bonds. The number of rotatable bonds is 12. The molecule has 0 unspecified atom stereocenters. The Balaban J connectivity index is 0.000000200. The summed E-state index contributed by atoms with van der Waals surface area (Å²) in [5, 5.41) is 58.5. The minimum atomic E-state index is -0.843. The van der Waals surface area contributed by atoms with Crippen LogP contribution in [0.5, 0.6) is 69.0 Å². The molecule has 12 aromatic rings. The van der Waals surface area contributed by atoms with E-state index in [4.69, 9.17) is 95.8 Å². The monoisotopic (exact) mass is 1840 g/mol. The molecule has 0 atom stereocenters. The van der Waals surface area contributed by atoms with Crippen LogP contribution in [0.25, 0.3) is 29.1 Å². The van der Waals surface area contributed by atoms with E-state index < -0.39 is 42.7 Å². The number of ether oxygens (including phenoxy) is 6. The molecule has 0 fully saturated rings. The lowest BCUT2D eigenvalue weighted by Crippen LogP contribution is -2.30. The number of fused-ring (bicyclic) bond motifs is 6. The average Bonchev–Trinajstić information content (AvgIpc) is 1.65. The summed E-state index contributed by atoms with van der Waals surface area (Å²) in [5.41, 5.74) is 31.2. The number of aryl methyl sites for hydroxylation is 16. The number of hydrogen-bond donors (Lipinski definition) is 6. The molecule has 700 valence electrons. The zero-order valence-corrected chi connectivity index (χ0v) is 76.8. The van der Waals surface area contributed by atoms with Gasteiger partial charge in [0.2, 0.25) is 0 Å². The van der Waals surface area contributed by atoms with Crippen LogP contribution in [0.2, 0.25) is 0 Å². The Morgan fingerprint density at radius 3 is 0.818 bits per heavy atom. The Kier molecular flexibility index (Phi) is 37.0. The van der Waals surface area contributed by atoms with Crippen LogP contribution >= 0.6 is 0 Å². The smallest absolute Gasteiger partial charge is 0.457 e. The summed E-state index contributed by atoms with van der Waals surface area (Å²) in [7, 11) is -5.05. The lowest BCUT2D eigenvalue weighted by Gasteiger charge is -2.14. The molecule has 0 bridgehead atoms.